The van der Waals surface area contributed by atoms with E-state index in [1.165, 1.54) is 38.5 Å². The lowest BCUT2D eigenvalue weighted by atomic mass is 9.65. The second kappa shape index (κ2) is 6.93. The van der Waals surface area contributed by atoms with Crippen molar-refractivity contribution in [2.75, 3.05) is 0 Å². The number of rotatable bonds is 3. The first-order valence-corrected chi connectivity index (χ1v) is 8.26. The van der Waals surface area contributed by atoms with Crippen LogP contribution in [0.5, 0.6) is 0 Å². The molecule has 3 rings (SSSR count). The fourth-order valence-electron chi connectivity index (χ4n) is 4.06. The Morgan fingerprint density at radius 3 is 2.62 bits per heavy atom. The lowest BCUT2D eigenvalue weighted by Crippen LogP contribution is -2.35. The first-order chi connectivity index (χ1) is 10.3. The highest BCUT2D eigenvalue weighted by atomic mass is 16.5. The van der Waals surface area contributed by atoms with Gasteiger partial charge in [-0.05, 0) is 36.3 Å². The smallest absolute Gasteiger partial charge is 0.314 e. The summed E-state index contributed by atoms with van der Waals surface area (Å²) in [5, 5.41) is 0. The molecule has 2 aliphatic carbocycles. The van der Waals surface area contributed by atoms with Crippen LogP contribution in [0.15, 0.2) is 36.6 Å². The summed E-state index contributed by atoms with van der Waals surface area (Å²) in [7, 11) is 0. The van der Waals surface area contributed by atoms with Crippen molar-refractivity contribution in [1.82, 2.24) is 0 Å². The Morgan fingerprint density at radius 2 is 1.76 bits per heavy atom. The van der Waals surface area contributed by atoms with Crippen LogP contribution in [-0.4, -0.2) is 5.97 Å². The Morgan fingerprint density at radius 1 is 1.00 bits per heavy atom. The highest BCUT2D eigenvalue weighted by Gasteiger charge is 2.39. The van der Waals surface area contributed by atoms with Crippen LogP contribution >= 0.6 is 0 Å². The van der Waals surface area contributed by atoms with Gasteiger partial charge in [0.15, 0.2) is 0 Å². The average Bonchev–Trinajstić information content (AvgIpc) is 2.55. The largest absolute Gasteiger partial charge is 0.434 e. The van der Waals surface area contributed by atoms with Crippen LogP contribution in [0.2, 0.25) is 0 Å². The van der Waals surface area contributed by atoms with Crippen molar-refractivity contribution in [3.05, 3.63) is 42.2 Å². The Balaban J connectivity index is 1.58. The summed E-state index contributed by atoms with van der Waals surface area (Å²) in [5.74, 6) is 1.46. The molecule has 2 nitrogen and oxygen atoms in total. The first-order valence-electron chi connectivity index (χ1n) is 8.26. The molecule has 0 aromatic heterocycles. The minimum atomic E-state index is -0.0150. The fraction of sp³-hybridized carbons (Fsp3) is 0.526. The molecule has 3 unspecified atom stereocenters. The van der Waals surface area contributed by atoms with Gasteiger partial charge < -0.3 is 4.74 Å². The minimum absolute atomic E-state index is 0.0150. The Hall–Kier alpha value is -1.57. The molecule has 0 heterocycles. The summed E-state index contributed by atoms with van der Waals surface area (Å²) in [6, 6.07) is 9.95. The van der Waals surface area contributed by atoms with Gasteiger partial charge in [0.2, 0.25) is 0 Å². The minimum Gasteiger partial charge on any atom is -0.434 e. The van der Waals surface area contributed by atoms with Gasteiger partial charge in [-0.25, -0.2) is 0 Å². The quantitative estimate of drug-likeness (QED) is 0.588. The molecule has 2 saturated carbocycles. The third-order valence-corrected chi connectivity index (χ3v) is 5.12. The average molecular weight is 284 g/mol. The second-order valence-corrected chi connectivity index (χ2v) is 6.40. The zero-order valence-electron chi connectivity index (χ0n) is 12.5. The van der Waals surface area contributed by atoms with Gasteiger partial charge in [0.1, 0.15) is 0 Å². The number of ether oxygens (including phenoxy) is 1. The van der Waals surface area contributed by atoms with Crippen LogP contribution in [0.25, 0.3) is 6.08 Å². The van der Waals surface area contributed by atoms with Gasteiger partial charge in [-0.2, -0.15) is 0 Å². The normalized spacial score (nSPS) is 29.0. The Labute approximate surface area is 127 Å². The predicted molar refractivity (Wildman–Crippen MR) is 84.4 cm³/mol. The molecule has 21 heavy (non-hydrogen) atoms. The molecule has 3 atom stereocenters. The van der Waals surface area contributed by atoms with Gasteiger partial charge in [-0.3, -0.25) is 4.79 Å². The van der Waals surface area contributed by atoms with Crippen molar-refractivity contribution in [1.29, 1.82) is 0 Å². The zero-order valence-corrected chi connectivity index (χ0v) is 12.5. The van der Waals surface area contributed by atoms with Crippen LogP contribution < -0.4 is 0 Å². The van der Waals surface area contributed by atoms with Crippen molar-refractivity contribution < 1.29 is 9.53 Å². The Bertz CT molecular complexity index is 490. The number of hydrogen-bond donors (Lipinski definition) is 0. The van der Waals surface area contributed by atoms with E-state index in [0.29, 0.717) is 5.92 Å². The van der Waals surface area contributed by atoms with Crippen molar-refractivity contribution in [2.45, 2.75) is 44.9 Å². The molecule has 0 N–H and O–H groups in total. The third-order valence-electron chi connectivity index (χ3n) is 5.12. The van der Waals surface area contributed by atoms with Crippen molar-refractivity contribution in [3.63, 3.8) is 0 Å². The maximum Gasteiger partial charge on any atom is 0.314 e. The van der Waals surface area contributed by atoms with Gasteiger partial charge in [0, 0.05) is 0 Å². The highest BCUT2D eigenvalue weighted by Crippen LogP contribution is 2.44. The number of carbonyl (C=O) groups is 1. The summed E-state index contributed by atoms with van der Waals surface area (Å²) >= 11 is 0. The lowest BCUT2D eigenvalue weighted by molar-refractivity contribution is -0.147. The van der Waals surface area contributed by atoms with E-state index < -0.39 is 0 Å². The molecule has 112 valence electrons. The van der Waals surface area contributed by atoms with Gasteiger partial charge >= 0.3 is 5.97 Å². The van der Waals surface area contributed by atoms with E-state index in [4.69, 9.17) is 4.74 Å². The van der Waals surface area contributed by atoms with Crippen molar-refractivity contribution in [2.24, 2.45) is 17.8 Å². The summed E-state index contributed by atoms with van der Waals surface area (Å²) in [6.45, 7) is 0. The number of carbonyl (C=O) groups excluding carboxylic acids is 1. The zero-order chi connectivity index (χ0) is 14.5. The number of hydrogen-bond acceptors (Lipinski definition) is 2. The second-order valence-electron chi connectivity index (χ2n) is 6.40. The van der Waals surface area contributed by atoms with E-state index in [2.05, 4.69) is 0 Å². The molecule has 0 aliphatic heterocycles. The fourth-order valence-corrected chi connectivity index (χ4v) is 4.06. The third kappa shape index (κ3) is 3.55. The molecule has 2 aliphatic rings. The summed E-state index contributed by atoms with van der Waals surface area (Å²) in [5.41, 5.74) is 1.06. The van der Waals surface area contributed by atoms with Crippen molar-refractivity contribution >= 4 is 12.0 Å². The van der Waals surface area contributed by atoms with E-state index in [1.54, 1.807) is 6.26 Å². The number of benzene rings is 1. The molecule has 1 aromatic carbocycles. The Kier molecular flexibility index (Phi) is 4.74. The van der Waals surface area contributed by atoms with Gasteiger partial charge in [-0.15, -0.1) is 0 Å². The van der Waals surface area contributed by atoms with Gasteiger partial charge in [0.25, 0.3) is 0 Å². The molecule has 1 aromatic rings. The molecular formula is C19H24O2. The van der Waals surface area contributed by atoms with E-state index in [0.717, 1.165) is 17.9 Å². The molecule has 0 spiro atoms. The van der Waals surface area contributed by atoms with E-state index in [-0.39, 0.29) is 11.9 Å². The van der Waals surface area contributed by atoms with Crippen LogP contribution in [0.1, 0.15) is 50.5 Å². The van der Waals surface area contributed by atoms with Crippen LogP contribution in [0.4, 0.5) is 0 Å². The molecule has 0 amide bonds. The van der Waals surface area contributed by atoms with E-state index in [1.807, 2.05) is 36.4 Å². The topological polar surface area (TPSA) is 26.3 Å². The number of fused-ring (bicyclic) bond motifs is 1. The standard InChI is InChI=1S/C19H24O2/c20-19(21-14-13-15-7-2-1-3-8-15)18-12-6-10-16-9-4-5-11-17(16)18/h1-3,7-8,13-14,16-18H,4-6,9-12H2. The van der Waals surface area contributed by atoms with E-state index >= 15 is 0 Å². The first kappa shape index (κ1) is 14.4. The summed E-state index contributed by atoms with van der Waals surface area (Å²) < 4.78 is 5.41. The lowest BCUT2D eigenvalue weighted by Gasteiger charge is -2.39. The summed E-state index contributed by atoms with van der Waals surface area (Å²) in [4.78, 5) is 12.4. The monoisotopic (exact) mass is 284 g/mol. The SMILES string of the molecule is O=C(OC=Cc1ccccc1)C1CCCC2CCCCC21. The maximum atomic E-state index is 12.4. The molecule has 0 bridgehead atoms. The number of esters is 1. The molecule has 0 saturated heterocycles. The molecule has 0 radical (unpaired) electrons. The van der Waals surface area contributed by atoms with E-state index in [9.17, 15) is 4.79 Å². The van der Waals surface area contributed by atoms with Crippen LogP contribution in [-0.2, 0) is 9.53 Å². The van der Waals surface area contributed by atoms with Gasteiger partial charge in [0.05, 0.1) is 12.2 Å². The molecular weight excluding hydrogens is 260 g/mol. The van der Waals surface area contributed by atoms with Crippen molar-refractivity contribution in [3.8, 4) is 0 Å². The van der Waals surface area contributed by atoms with Gasteiger partial charge in [-0.1, -0.05) is 62.4 Å². The highest BCUT2D eigenvalue weighted by molar-refractivity contribution is 5.74. The maximum absolute atomic E-state index is 12.4. The molecule has 2 fully saturated rings. The summed E-state index contributed by atoms with van der Waals surface area (Å²) in [6.07, 6.45) is 12.1. The van der Waals surface area contributed by atoms with Crippen LogP contribution in [0, 0.1) is 17.8 Å². The van der Waals surface area contributed by atoms with Crippen LogP contribution in [0.3, 0.4) is 0 Å². The molecule has 2 heteroatoms. The predicted octanol–water partition coefficient (Wildman–Crippen LogP) is 4.81.